The number of nitrogens with one attached hydrogen (secondary N) is 2. The molecular formula is C18H17BrClN3OS. The lowest BCUT2D eigenvalue weighted by molar-refractivity contribution is 0.0977. The highest BCUT2D eigenvalue weighted by molar-refractivity contribution is 9.10. The zero-order valence-electron chi connectivity index (χ0n) is 13.4. The van der Waals surface area contributed by atoms with E-state index in [0.717, 1.165) is 28.9 Å². The molecule has 0 saturated carbocycles. The number of rotatable bonds is 3. The van der Waals surface area contributed by atoms with Crippen LogP contribution in [-0.2, 0) is 0 Å². The first-order valence-electron chi connectivity index (χ1n) is 7.95. The fourth-order valence-electron chi connectivity index (χ4n) is 2.77. The summed E-state index contributed by atoms with van der Waals surface area (Å²) in [5.41, 5.74) is 2.31. The van der Waals surface area contributed by atoms with E-state index in [1.165, 1.54) is 12.8 Å². The Bertz CT molecular complexity index is 809. The van der Waals surface area contributed by atoms with Gasteiger partial charge >= 0.3 is 0 Å². The summed E-state index contributed by atoms with van der Waals surface area (Å²) < 4.78 is 0.836. The van der Waals surface area contributed by atoms with Gasteiger partial charge in [0.05, 0.1) is 10.7 Å². The van der Waals surface area contributed by atoms with Crippen LogP contribution in [-0.4, -0.2) is 24.1 Å². The molecule has 0 spiro atoms. The summed E-state index contributed by atoms with van der Waals surface area (Å²) in [4.78, 5) is 14.5. The maximum Gasteiger partial charge on any atom is 0.257 e. The summed E-state index contributed by atoms with van der Waals surface area (Å²) in [5, 5.41) is 6.57. The maximum atomic E-state index is 12.2. The smallest absolute Gasteiger partial charge is 0.257 e. The largest absolute Gasteiger partial charge is 0.370 e. The van der Waals surface area contributed by atoms with Crippen LogP contribution in [0.15, 0.2) is 46.9 Å². The fourth-order valence-corrected chi connectivity index (χ4v) is 3.68. The Morgan fingerprint density at radius 2 is 1.92 bits per heavy atom. The quantitative estimate of drug-likeness (QED) is 0.674. The first-order valence-corrected chi connectivity index (χ1v) is 9.53. The number of amides is 1. The summed E-state index contributed by atoms with van der Waals surface area (Å²) in [6.45, 7) is 2.07. The molecule has 1 aliphatic rings. The monoisotopic (exact) mass is 437 g/mol. The minimum absolute atomic E-state index is 0.231. The van der Waals surface area contributed by atoms with Gasteiger partial charge in [0.1, 0.15) is 0 Å². The average Bonchev–Trinajstić information content (AvgIpc) is 3.09. The van der Waals surface area contributed by atoms with Crippen LogP contribution in [0.4, 0.5) is 11.4 Å². The summed E-state index contributed by atoms with van der Waals surface area (Å²) in [5.74, 6) is -0.265. The lowest BCUT2D eigenvalue weighted by atomic mass is 10.2. The molecule has 0 aliphatic carbocycles. The second-order valence-electron chi connectivity index (χ2n) is 5.78. The van der Waals surface area contributed by atoms with Crippen LogP contribution in [0.5, 0.6) is 0 Å². The zero-order valence-corrected chi connectivity index (χ0v) is 16.5. The number of nitrogens with zero attached hydrogens (tertiary/aromatic N) is 1. The molecule has 7 heteroatoms. The summed E-state index contributed by atoms with van der Waals surface area (Å²) in [7, 11) is 0. The molecule has 1 aliphatic heterocycles. The highest BCUT2D eigenvalue weighted by atomic mass is 79.9. The minimum atomic E-state index is -0.265. The van der Waals surface area contributed by atoms with Crippen LogP contribution < -0.4 is 15.5 Å². The zero-order chi connectivity index (χ0) is 17.8. The lowest BCUT2D eigenvalue weighted by Gasteiger charge is -2.20. The molecule has 3 rings (SSSR count). The standard InChI is InChI=1S/C18H17BrClN3OS/c19-13-5-3-4-12(10-13)17(24)22-18(25)21-14-6-7-16(15(20)11-14)23-8-1-2-9-23/h3-7,10-11H,1-2,8-9H2,(H2,21,22,24,25). The molecule has 1 heterocycles. The molecular weight excluding hydrogens is 422 g/mol. The molecule has 130 valence electrons. The van der Waals surface area contributed by atoms with E-state index >= 15 is 0 Å². The van der Waals surface area contributed by atoms with Gasteiger partial charge < -0.3 is 10.2 Å². The molecule has 25 heavy (non-hydrogen) atoms. The van der Waals surface area contributed by atoms with Gasteiger partial charge in [-0.1, -0.05) is 33.6 Å². The lowest BCUT2D eigenvalue weighted by Crippen LogP contribution is -2.34. The van der Waals surface area contributed by atoms with Gasteiger partial charge in [-0.2, -0.15) is 0 Å². The van der Waals surface area contributed by atoms with Gasteiger partial charge in [-0.15, -0.1) is 0 Å². The molecule has 4 nitrogen and oxygen atoms in total. The topological polar surface area (TPSA) is 44.4 Å². The van der Waals surface area contributed by atoms with Crippen LogP contribution >= 0.6 is 39.7 Å². The predicted octanol–water partition coefficient (Wildman–Crippen LogP) is 4.83. The van der Waals surface area contributed by atoms with Crippen LogP contribution in [0.25, 0.3) is 0 Å². The van der Waals surface area contributed by atoms with Crippen molar-refractivity contribution in [3.05, 3.63) is 57.5 Å². The van der Waals surface area contributed by atoms with E-state index in [2.05, 4.69) is 31.5 Å². The van der Waals surface area contributed by atoms with Crippen LogP contribution in [0.3, 0.4) is 0 Å². The third kappa shape index (κ3) is 4.71. The van der Waals surface area contributed by atoms with E-state index in [1.807, 2.05) is 24.3 Å². The molecule has 2 aromatic rings. The number of benzene rings is 2. The van der Waals surface area contributed by atoms with Crippen molar-refractivity contribution in [2.45, 2.75) is 12.8 Å². The second-order valence-corrected chi connectivity index (χ2v) is 7.51. The summed E-state index contributed by atoms with van der Waals surface area (Å²) in [6, 6.07) is 12.8. The first-order chi connectivity index (χ1) is 12.0. The molecule has 1 saturated heterocycles. The third-order valence-electron chi connectivity index (χ3n) is 3.97. The number of anilines is 2. The Balaban J connectivity index is 1.62. The van der Waals surface area contributed by atoms with Gasteiger partial charge in [-0.05, 0) is 61.5 Å². The van der Waals surface area contributed by atoms with E-state index in [1.54, 1.807) is 18.2 Å². The number of carbonyl (C=O) groups is 1. The highest BCUT2D eigenvalue weighted by Crippen LogP contribution is 2.31. The SMILES string of the molecule is O=C(NC(=S)Nc1ccc(N2CCCC2)c(Cl)c1)c1cccc(Br)c1. The van der Waals surface area contributed by atoms with Gasteiger partial charge in [0.15, 0.2) is 5.11 Å². The molecule has 2 N–H and O–H groups in total. The van der Waals surface area contributed by atoms with Gasteiger partial charge in [0.2, 0.25) is 0 Å². The third-order valence-corrected chi connectivity index (χ3v) is 4.97. The molecule has 0 bridgehead atoms. The molecule has 1 amide bonds. The first kappa shape index (κ1) is 18.2. The Labute approximate surface area is 165 Å². The summed E-state index contributed by atoms with van der Waals surface area (Å²) in [6.07, 6.45) is 2.39. The summed E-state index contributed by atoms with van der Waals surface area (Å²) >= 11 is 15.0. The van der Waals surface area contributed by atoms with E-state index in [0.29, 0.717) is 10.6 Å². The van der Waals surface area contributed by atoms with Crippen molar-refractivity contribution in [1.82, 2.24) is 5.32 Å². The average molecular weight is 439 g/mol. The van der Waals surface area contributed by atoms with Crippen LogP contribution in [0, 0.1) is 0 Å². The van der Waals surface area contributed by atoms with Crippen LogP contribution in [0.1, 0.15) is 23.2 Å². The van der Waals surface area contributed by atoms with Crippen molar-refractivity contribution in [2.24, 2.45) is 0 Å². The van der Waals surface area contributed by atoms with Crippen molar-refractivity contribution in [3.63, 3.8) is 0 Å². The van der Waals surface area contributed by atoms with E-state index in [9.17, 15) is 4.79 Å². The molecule has 2 aromatic carbocycles. The number of halogens is 2. The number of thiocarbonyl (C=S) groups is 1. The molecule has 0 radical (unpaired) electrons. The molecule has 0 atom stereocenters. The number of carbonyl (C=O) groups excluding carboxylic acids is 1. The van der Waals surface area contributed by atoms with Crippen molar-refractivity contribution >= 4 is 62.1 Å². The van der Waals surface area contributed by atoms with E-state index < -0.39 is 0 Å². The molecule has 0 aromatic heterocycles. The van der Waals surface area contributed by atoms with Gasteiger partial charge in [-0.25, -0.2) is 0 Å². The normalized spacial score (nSPS) is 13.6. The van der Waals surface area contributed by atoms with E-state index in [-0.39, 0.29) is 11.0 Å². The van der Waals surface area contributed by atoms with Gasteiger partial charge in [0, 0.05) is 28.8 Å². The number of hydrogen-bond donors (Lipinski definition) is 2. The Morgan fingerprint density at radius 3 is 2.60 bits per heavy atom. The Morgan fingerprint density at radius 1 is 1.16 bits per heavy atom. The Hall–Kier alpha value is -1.63. The van der Waals surface area contributed by atoms with E-state index in [4.69, 9.17) is 23.8 Å². The van der Waals surface area contributed by atoms with Gasteiger partial charge in [-0.3, -0.25) is 10.1 Å². The second kappa shape index (κ2) is 8.17. The molecule has 1 fully saturated rings. The fraction of sp³-hybridized carbons (Fsp3) is 0.222. The Kier molecular flexibility index (Phi) is 5.93. The highest BCUT2D eigenvalue weighted by Gasteiger charge is 2.15. The van der Waals surface area contributed by atoms with Crippen molar-refractivity contribution < 1.29 is 4.79 Å². The van der Waals surface area contributed by atoms with Gasteiger partial charge in [0.25, 0.3) is 5.91 Å². The van der Waals surface area contributed by atoms with Crippen molar-refractivity contribution in [3.8, 4) is 0 Å². The maximum absolute atomic E-state index is 12.2. The van der Waals surface area contributed by atoms with Crippen molar-refractivity contribution in [1.29, 1.82) is 0 Å². The van der Waals surface area contributed by atoms with Crippen molar-refractivity contribution in [2.75, 3.05) is 23.3 Å². The number of hydrogen-bond acceptors (Lipinski definition) is 3. The molecule has 0 unspecified atom stereocenters. The minimum Gasteiger partial charge on any atom is -0.370 e. The predicted molar refractivity (Wildman–Crippen MR) is 111 cm³/mol. The van der Waals surface area contributed by atoms with Crippen LogP contribution in [0.2, 0.25) is 5.02 Å².